The van der Waals surface area contributed by atoms with Gasteiger partial charge in [0.25, 0.3) is 0 Å². The summed E-state index contributed by atoms with van der Waals surface area (Å²) in [7, 11) is -1.92. The number of methoxy groups -OCH3 is 1. The average Bonchev–Trinajstić information content (AvgIpc) is 2.28. The van der Waals surface area contributed by atoms with E-state index < -0.39 is 21.5 Å². The number of amides is 1. The van der Waals surface area contributed by atoms with Gasteiger partial charge in [0.05, 0.1) is 12.4 Å². The van der Waals surface area contributed by atoms with Crippen molar-refractivity contribution in [1.29, 1.82) is 0 Å². The van der Waals surface area contributed by atoms with Gasteiger partial charge in [-0.25, -0.2) is 8.42 Å². The van der Waals surface area contributed by atoms with Crippen LogP contribution in [0.15, 0.2) is 30.3 Å². The lowest BCUT2D eigenvalue weighted by atomic mass is 10.2. The van der Waals surface area contributed by atoms with Crippen LogP contribution in [0.4, 0.5) is 0 Å². The molecule has 1 N–H and O–H groups in total. The molecule has 6 heteroatoms. The fourth-order valence-corrected chi connectivity index (χ4v) is 2.97. The minimum absolute atomic E-state index is 0.125. The van der Waals surface area contributed by atoms with Gasteiger partial charge < -0.3 is 10.1 Å². The molecule has 1 aromatic carbocycles. The zero-order chi connectivity index (χ0) is 14.3. The topological polar surface area (TPSA) is 72.5 Å². The molecule has 19 heavy (non-hydrogen) atoms. The van der Waals surface area contributed by atoms with Crippen LogP contribution < -0.4 is 5.32 Å². The van der Waals surface area contributed by atoms with Gasteiger partial charge in [0.15, 0.2) is 9.84 Å². The smallest absolute Gasteiger partial charge is 0.235 e. The van der Waals surface area contributed by atoms with Crippen molar-refractivity contribution in [3.8, 4) is 0 Å². The molecule has 0 aliphatic rings. The molecule has 0 fully saturated rings. The minimum Gasteiger partial charge on any atom is -0.383 e. The van der Waals surface area contributed by atoms with Gasteiger partial charge in [0, 0.05) is 13.2 Å². The lowest BCUT2D eigenvalue weighted by Gasteiger charge is -2.12. The maximum Gasteiger partial charge on any atom is 0.235 e. The van der Waals surface area contributed by atoms with Crippen LogP contribution in [0.5, 0.6) is 0 Å². The third kappa shape index (κ3) is 6.35. The van der Waals surface area contributed by atoms with E-state index in [2.05, 4.69) is 5.32 Å². The number of benzene rings is 1. The number of carbonyl (C=O) groups excluding carboxylic acids is 1. The van der Waals surface area contributed by atoms with Crippen molar-refractivity contribution in [3.63, 3.8) is 0 Å². The number of sulfone groups is 1. The number of nitrogens with one attached hydrogen (secondary N) is 1. The van der Waals surface area contributed by atoms with Crippen LogP contribution in [-0.4, -0.2) is 39.8 Å². The number of carbonyl (C=O) groups is 1. The van der Waals surface area contributed by atoms with Crippen LogP contribution in [0.25, 0.3) is 0 Å². The van der Waals surface area contributed by atoms with Gasteiger partial charge in [-0.15, -0.1) is 0 Å². The van der Waals surface area contributed by atoms with E-state index in [9.17, 15) is 13.2 Å². The van der Waals surface area contributed by atoms with Gasteiger partial charge in [0.1, 0.15) is 5.75 Å². The van der Waals surface area contributed by atoms with E-state index in [1.165, 1.54) is 7.11 Å². The molecule has 1 aromatic rings. The molecule has 0 saturated heterocycles. The Kier molecular flexibility index (Phi) is 5.98. The summed E-state index contributed by atoms with van der Waals surface area (Å²) in [5.74, 6) is -1.13. The molecule has 1 rings (SSSR count). The number of ether oxygens (including phenoxy) is 1. The lowest BCUT2D eigenvalue weighted by molar-refractivity contribution is -0.119. The number of hydrogen-bond acceptors (Lipinski definition) is 4. The van der Waals surface area contributed by atoms with Crippen molar-refractivity contribution in [1.82, 2.24) is 5.32 Å². The second-order valence-corrected chi connectivity index (χ2v) is 6.51. The fourth-order valence-electron chi connectivity index (χ4n) is 1.69. The van der Waals surface area contributed by atoms with Gasteiger partial charge in [-0.05, 0) is 12.5 Å². The molecule has 0 spiro atoms. The summed E-state index contributed by atoms with van der Waals surface area (Å²) in [6.07, 6.45) is 0. The first kappa shape index (κ1) is 15.7. The van der Waals surface area contributed by atoms with Gasteiger partial charge >= 0.3 is 0 Å². The zero-order valence-corrected chi connectivity index (χ0v) is 11.9. The van der Waals surface area contributed by atoms with Crippen molar-refractivity contribution in [2.45, 2.75) is 18.7 Å². The Bertz CT molecular complexity index is 499. The number of rotatable bonds is 7. The Balaban J connectivity index is 2.53. The Hall–Kier alpha value is -1.40. The lowest BCUT2D eigenvalue weighted by Crippen LogP contribution is -2.39. The summed E-state index contributed by atoms with van der Waals surface area (Å²) in [6.45, 7) is 2.11. The van der Waals surface area contributed by atoms with Crippen molar-refractivity contribution >= 4 is 15.7 Å². The average molecular weight is 285 g/mol. The Labute approximate surface area is 113 Å². The van der Waals surface area contributed by atoms with Gasteiger partial charge in [-0.1, -0.05) is 30.3 Å². The maximum atomic E-state index is 11.9. The molecule has 1 amide bonds. The molecule has 0 bridgehead atoms. The standard InChI is InChI=1S/C13H19NO4S/c1-11(8-18-2)14-13(15)10-19(16,17)9-12-6-4-3-5-7-12/h3-7,11H,8-10H2,1-2H3,(H,14,15). The second kappa shape index (κ2) is 7.25. The molecule has 0 radical (unpaired) electrons. The first-order valence-corrected chi connectivity index (χ1v) is 7.78. The zero-order valence-electron chi connectivity index (χ0n) is 11.1. The molecule has 5 nitrogen and oxygen atoms in total. The van der Waals surface area contributed by atoms with E-state index in [0.29, 0.717) is 12.2 Å². The highest BCUT2D eigenvalue weighted by molar-refractivity contribution is 7.91. The highest BCUT2D eigenvalue weighted by atomic mass is 32.2. The summed E-state index contributed by atoms with van der Waals surface area (Å²) in [5, 5.41) is 2.58. The predicted molar refractivity (Wildman–Crippen MR) is 73.4 cm³/mol. The summed E-state index contributed by atoms with van der Waals surface area (Å²) >= 11 is 0. The molecule has 0 aliphatic heterocycles. The van der Waals surface area contributed by atoms with Crippen molar-refractivity contribution in [2.75, 3.05) is 19.5 Å². The van der Waals surface area contributed by atoms with Crippen LogP contribution in [0.3, 0.4) is 0 Å². The normalized spacial score (nSPS) is 12.9. The van der Waals surface area contributed by atoms with E-state index in [-0.39, 0.29) is 11.8 Å². The van der Waals surface area contributed by atoms with E-state index >= 15 is 0 Å². The third-order valence-corrected chi connectivity index (χ3v) is 3.88. The molecular weight excluding hydrogens is 266 g/mol. The highest BCUT2D eigenvalue weighted by Gasteiger charge is 2.18. The summed E-state index contributed by atoms with van der Waals surface area (Å²) in [6, 6.07) is 8.60. The molecule has 0 heterocycles. The Morgan fingerprint density at radius 2 is 1.95 bits per heavy atom. The van der Waals surface area contributed by atoms with Crippen LogP contribution in [-0.2, 0) is 25.1 Å². The molecule has 0 aliphatic carbocycles. The SMILES string of the molecule is COCC(C)NC(=O)CS(=O)(=O)Cc1ccccc1. The summed E-state index contributed by atoms with van der Waals surface area (Å²) < 4.78 is 28.6. The highest BCUT2D eigenvalue weighted by Crippen LogP contribution is 2.06. The first-order valence-electron chi connectivity index (χ1n) is 5.95. The molecule has 106 valence electrons. The second-order valence-electron chi connectivity index (χ2n) is 4.44. The van der Waals surface area contributed by atoms with Crippen molar-refractivity contribution < 1.29 is 17.9 Å². The minimum atomic E-state index is -3.45. The molecule has 1 unspecified atom stereocenters. The summed E-state index contributed by atoms with van der Waals surface area (Å²) in [5.41, 5.74) is 0.681. The van der Waals surface area contributed by atoms with E-state index in [0.717, 1.165) is 0 Å². The monoisotopic (exact) mass is 285 g/mol. The third-order valence-electron chi connectivity index (χ3n) is 2.40. The molecule has 1 atom stereocenters. The van der Waals surface area contributed by atoms with Gasteiger partial charge in [-0.3, -0.25) is 4.79 Å². The predicted octanol–water partition coefficient (Wildman–Crippen LogP) is 0.753. The largest absolute Gasteiger partial charge is 0.383 e. The van der Waals surface area contributed by atoms with Crippen molar-refractivity contribution in [3.05, 3.63) is 35.9 Å². The molecule has 0 saturated carbocycles. The summed E-state index contributed by atoms with van der Waals surface area (Å²) in [4.78, 5) is 11.6. The van der Waals surface area contributed by atoms with Crippen molar-refractivity contribution in [2.24, 2.45) is 0 Å². The number of hydrogen-bond donors (Lipinski definition) is 1. The molecule has 0 aromatic heterocycles. The van der Waals surface area contributed by atoms with E-state index in [4.69, 9.17) is 4.74 Å². The Morgan fingerprint density at radius 3 is 2.53 bits per heavy atom. The van der Waals surface area contributed by atoms with Gasteiger partial charge in [0.2, 0.25) is 5.91 Å². The first-order chi connectivity index (χ1) is 8.93. The molecular formula is C13H19NO4S. The maximum absolute atomic E-state index is 11.9. The van der Waals surface area contributed by atoms with Crippen LogP contribution >= 0.6 is 0 Å². The van der Waals surface area contributed by atoms with E-state index in [1.54, 1.807) is 31.2 Å². The van der Waals surface area contributed by atoms with Gasteiger partial charge in [-0.2, -0.15) is 0 Å². The van der Waals surface area contributed by atoms with Crippen LogP contribution in [0.1, 0.15) is 12.5 Å². The van der Waals surface area contributed by atoms with Crippen LogP contribution in [0, 0.1) is 0 Å². The fraction of sp³-hybridized carbons (Fsp3) is 0.462. The quantitative estimate of drug-likeness (QED) is 0.802. The van der Waals surface area contributed by atoms with Crippen LogP contribution in [0.2, 0.25) is 0 Å². The Morgan fingerprint density at radius 1 is 1.32 bits per heavy atom. The van der Waals surface area contributed by atoms with E-state index in [1.807, 2.05) is 6.07 Å².